The lowest BCUT2D eigenvalue weighted by Crippen LogP contribution is -2.54. The van der Waals surface area contributed by atoms with E-state index in [-0.39, 0.29) is 29.5 Å². The topological polar surface area (TPSA) is 86.8 Å². The number of hydrogen-bond donors (Lipinski definition) is 4. The molecule has 2 aromatic carbocycles. The Labute approximate surface area is 182 Å². The molecule has 0 radical (unpaired) electrons. The van der Waals surface area contributed by atoms with Crippen molar-refractivity contribution in [3.8, 4) is 5.75 Å². The molecule has 1 amide bonds. The Morgan fingerprint density at radius 2 is 1.94 bits per heavy atom. The first-order valence-electron chi connectivity index (χ1n) is 10.4. The predicted octanol–water partition coefficient (Wildman–Crippen LogP) is 3.26. The molecule has 0 aromatic heterocycles. The van der Waals surface area contributed by atoms with E-state index in [1.54, 1.807) is 36.4 Å². The monoisotopic (exact) mass is 427 g/mol. The van der Waals surface area contributed by atoms with Crippen molar-refractivity contribution in [3.63, 3.8) is 0 Å². The van der Waals surface area contributed by atoms with Crippen LogP contribution in [0.25, 0.3) is 0 Å². The molecule has 2 unspecified atom stereocenters. The Balaban J connectivity index is 1.72. The molecule has 1 heterocycles. The number of nitrogens with zero attached hydrogens (tertiary/aromatic N) is 1. The van der Waals surface area contributed by atoms with E-state index in [0.29, 0.717) is 30.3 Å². The summed E-state index contributed by atoms with van der Waals surface area (Å²) in [7, 11) is 0. The predicted molar refractivity (Wildman–Crippen MR) is 119 cm³/mol. The van der Waals surface area contributed by atoms with Crippen LogP contribution in [0.4, 0.5) is 4.39 Å². The first-order valence-corrected chi connectivity index (χ1v) is 10.4. The minimum Gasteiger partial charge on any atom is -0.494 e. The van der Waals surface area contributed by atoms with Gasteiger partial charge in [0, 0.05) is 23.6 Å². The summed E-state index contributed by atoms with van der Waals surface area (Å²) in [6.45, 7) is 8.39. The average molecular weight is 428 g/mol. The van der Waals surface area contributed by atoms with Gasteiger partial charge in [0.25, 0.3) is 5.91 Å². The molecule has 0 saturated carbocycles. The summed E-state index contributed by atoms with van der Waals surface area (Å²) >= 11 is 0. The molecule has 8 heteroatoms. The maximum Gasteiger partial charge on any atom is 0.280 e. The third-order valence-electron chi connectivity index (χ3n) is 4.59. The zero-order valence-electron chi connectivity index (χ0n) is 18.3. The number of hydrazine groups is 1. The molecule has 166 valence electrons. The average Bonchev–Trinajstić information content (AvgIpc) is 3.16. The molecule has 3 rings (SSSR count). The number of benzene rings is 2. The number of carbonyl (C=O) groups excluding carboxylic acids is 1. The highest BCUT2D eigenvalue weighted by Crippen LogP contribution is 2.21. The van der Waals surface area contributed by atoms with Gasteiger partial charge < -0.3 is 15.4 Å². The van der Waals surface area contributed by atoms with E-state index in [1.165, 1.54) is 12.1 Å². The third kappa shape index (κ3) is 6.77. The number of carbonyl (C=O) groups is 1. The van der Waals surface area contributed by atoms with Crippen LogP contribution in [0, 0.1) is 5.82 Å². The summed E-state index contributed by atoms with van der Waals surface area (Å²) in [5.74, 6) is 0.367. The van der Waals surface area contributed by atoms with E-state index in [4.69, 9.17) is 4.74 Å². The van der Waals surface area contributed by atoms with Gasteiger partial charge in [-0.3, -0.25) is 4.79 Å². The van der Waals surface area contributed by atoms with E-state index in [0.717, 1.165) is 5.56 Å². The summed E-state index contributed by atoms with van der Waals surface area (Å²) in [6.07, 6.45) is 0.510. The van der Waals surface area contributed by atoms with Crippen LogP contribution < -0.4 is 26.2 Å². The van der Waals surface area contributed by atoms with Gasteiger partial charge in [0.1, 0.15) is 11.6 Å². The number of nitrogens with one attached hydrogen (secondary N) is 4. The van der Waals surface area contributed by atoms with Crippen molar-refractivity contribution in [2.24, 2.45) is 4.99 Å². The maximum atomic E-state index is 13.2. The molecule has 1 fully saturated rings. The van der Waals surface area contributed by atoms with E-state index in [9.17, 15) is 9.18 Å². The number of guanidine groups is 1. The van der Waals surface area contributed by atoms with Gasteiger partial charge in [0.15, 0.2) is 0 Å². The van der Waals surface area contributed by atoms with E-state index < -0.39 is 0 Å². The zero-order chi connectivity index (χ0) is 22.4. The number of aliphatic imine (C=N–C) groups is 1. The molecule has 1 saturated heterocycles. The highest BCUT2D eigenvalue weighted by atomic mass is 19.1. The van der Waals surface area contributed by atoms with Crippen molar-refractivity contribution in [2.75, 3.05) is 6.61 Å². The molecule has 4 N–H and O–H groups in total. The van der Waals surface area contributed by atoms with Crippen LogP contribution in [0.5, 0.6) is 5.75 Å². The summed E-state index contributed by atoms with van der Waals surface area (Å²) in [6, 6.07) is 13.4. The van der Waals surface area contributed by atoms with Crippen LogP contribution >= 0.6 is 0 Å². The Bertz CT molecular complexity index is 924. The molecular formula is C23H30FN5O2. The van der Waals surface area contributed by atoms with Gasteiger partial charge in [-0.2, -0.15) is 4.99 Å². The summed E-state index contributed by atoms with van der Waals surface area (Å²) < 4.78 is 18.7. The minimum atomic E-state index is -0.373. The van der Waals surface area contributed by atoms with Gasteiger partial charge in [-0.1, -0.05) is 18.2 Å². The summed E-state index contributed by atoms with van der Waals surface area (Å²) in [5.41, 5.74) is 7.49. The lowest BCUT2D eigenvalue weighted by Gasteiger charge is -2.25. The smallest absolute Gasteiger partial charge is 0.280 e. The molecule has 1 aliphatic heterocycles. The minimum absolute atomic E-state index is 0.00700. The number of halogens is 1. The van der Waals surface area contributed by atoms with Crippen LogP contribution in [0.2, 0.25) is 0 Å². The van der Waals surface area contributed by atoms with Gasteiger partial charge in [0.05, 0.1) is 12.8 Å². The van der Waals surface area contributed by atoms with Crippen LogP contribution in [-0.2, 0) is 0 Å². The Morgan fingerprint density at radius 3 is 2.61 bits per heavy atom. The van der Waals surface area contributed by atoms with Crippen molar-refractivity contribution < 1.29 is 13.9 Å². The second-order valence-corrected chi connectivity index (χ2v) is 8.43. The highest BCUT2D eigenvalue weighted by molar-refractivity contribution is 6.03. The molecule has 0 spiro atoms. The van der Waals surface area contributed by atoms with Crippen molar-refractivity contribution in [1.82, 2.24) is 21.5 Å². The van der Waals surface area contributed by atoms with Crippen LogP contribution in [-0.4, -0.2) is 30.2 Å². The molecule has 1 aliphatic rings. The molecule has 31 heavy (non-hydrogen) atoms. The first-order chi connectivity index (χ1) is 14.7. The quantitative estimate of drug-likeness (QED) is 0.433. The number of ether oxygens (including phenoxy) is 1. The van der Waals surface area contributed by atoms with Crippen molar-refractivity contribution >= 4 is 11.9 Å². The third-order valence-corrected chi connectivity index (χ3v) is 4.59. The van der Waals surface area contributed by atoms with Crippen LogP contribution in [0.15, 0.2) is 53.5 Å². The van der Waals surface area contributed by atoms with Gasteiger partial charge in [-0.15, -0.1) is 0 Å². The van der Waals surface area contributed by atoms with E-state index in [2.05, 4.69) is 26.5 Å². The van der Waals surface area contributed by atoms with Gasteiger partial charge in [-0.25, -0.2) is 15.2 Å². The van der Waals surface area contributed by atoms with Crippen LogP contribution in [0.3, 0.4) is 0 Å². The second kappa shape index (κ2) is 9.89. The fourth-order valence-corrected chi connectivity index (χ4v) is 3.23. The second-order valence-electron chi connectivity index (χ2n) is 8.43. The lowest BCUT2D eigenvalue weighted by atomic mass is 10.0. The highest BCUT2D eigenvalue weighted by Gasteiger charge is 2.27. The Hall–Kier alpha value is -2.97. The van der Waals surface area contributed by atoms with Gasteiger partial charge in [0.2, 0.25) is 5.96 Å². The first kappa shape index (κ1) is 22.7. The molecule has 7 nitrogen and oxygen atoms in total. The number of hydrogen-bond acceptors (Lipinski definition) is 4. The van der Waals surface area contributed by atoms with Gasteiger partial charge in [-0.05, 0) is 63.6 Å². The fraction of sp³-hybridized carbons (Fsp3) is 0.391. The number of rotatable bonds is 5. The largest absolute Gasteiger partial charge is 0.494 e. The van der Waals surface area contributed by atoms with E-state index >= 15 is 0 Å². The molecule has 0 aliphatic carbocycles. The summed E-state index contributed by atoms with van der Waals surface area (Å²) in [4.78, 5) is 17.1. The SMILES string of the molecule is CCOc1cccc(C(=O)/N=C(\NC2CC(c3ccc(F)cc3)NN2)NC(C)(C)C)c1. The molecular weight excluding hydrogens is 397 g/mol. The van der Waals surface area contributed by atoms with Crippen molar-refractivity contribution in [1.29, 1.82) is 0 Å². The normalized spacial score (nSPS) is 19.2. The molecule has 2 atom stereocenters. The van der Waals surface area contributed by atoms with Crippen molar-refractivity contribution in [3.05, 3.63) is 65.5 Å². The van der Waals surface area contributed by atoms with Gasteiger partial charge >= 0.3 is 0 Å². The standard InChI is InChI=1S/C23H30FN5O2/c1-5-31-18-8-6-7-16(13-18)21(30)26-22(27-23(2,3)4)25-20-14-19(28-29-20)15-9-11-17(24)12-10-15/h6-13,19-20,28-29H,5,14H2,1-4H3,(H2,25,26,27,30). The maximum absolute atomic E-state index is 13.2. The van der Waals surface area contributed by atoms with E-state index in [1.807, 2.05) is 27.7 Å². The number of amides is 1. The van der Waals surface area contributed by atoms with Crippen LogP contribution in [0.1, 0.15) is 56.1 Å². The lowest BCUT2D eigenvalue weighted by molar-refractivity contribution is 0.100. The van der Waals surface area contributed by atoms with Crippen molar-refractivity contribution in [2.45, 2.75) is 51.9 Å². The Morgan fingerprint density at radius 1 is 1.19 bits per heavy atom. The summed E-state index contributed by atoms with van der Waals surface area (Å²) in [5, 5.41) is 6.52. The Kier molecular flexibility index (Phi) is 7.25. The zero-order valence-corrected chi connectivity index (χ0v) is 18.3. The fourth-order valence-electron chi connectivity index (χ4n) is 3.23. The molecule has 2 aromatic rings. The molecule has 0 bridgehead atoms.